The largest absolute Gasteiger partial charge is 0.573 e. The molecule has 2 heterocycles. The minimum atomic E-state index is -4.83. The molecule has 3 aromatic rings. The van der Waals surface area contributed by atoms with Gasteiger partial charge in [0.05, 0.1) is 12.0 Å². The third-order valence-electron chi connectivity index (χ3n) is 3.58. The van der Waals surface area contributed by atoms with Gasteiger partial charge >= 0.3 is 6.36 Å². The molecule has 8 heteroatoms. The number of aliphatic hydroxyl groups is 1. The van der Waals surface area contributed by atoms with Crippen LogP contribution in [0.2, 0.25) is 0 Å². The first-order valence-electron chi connectivity index (χ1n) is 7.19. The van der Waals surface area contributed by atoms with Crippen molar-refractivity contribution in [1.29, 1.82) is 0 Å². The molecule has 0 spiro atoms. The van der Waals surface area contributed by atoms with Crippen molar-refractivity contribution in [3.8, 4) is 5.75 Å². The summed E-state index contributed by atoms with van der Waals surface area (Å²) in [6.07, 6.45) is -4.14. The lowest BCUT2D eigenvalue weighted by Crippen LogP contribution is -2.23. The molecule has 1 aromatic carbocycles. The van der Waals surface area contributed by atoms with E-state index in [2.05, 4.69) is 14.9 Å². The lowest BCUT2D eigenvalue weighted by atomic mass is 9.92. The van der Waals surface area contributed by atoms with Crippen molar-refractivity contribution in [3.63, 3.8) is 0 Å². The highest BCUT2D eigenvalue weighted by Crippen LogP contribution is 2.36. The van der Waals surface area contributed by atoms with E-state index in [1.165, 1.54) is 25.1 Å². The van der Waals surface area contributed by atoms with Crippen molar-refractivity contribution >= 4 is 5.65 Å². The Kier molecular flexibility index (Phi) is 4.15. The number of aliphatic hydroxyl groups excluding tert-OH is 1. The van der Waals surface area contributed by atoms with Crippen molar-refractivity contribution in [1.82, 2.24) is 14.6 Å². The maximum Gasteiger partial charge on any atom is 0.573 e. The minimum Gasteiger partial charge on any atom is -0.405 e. The summed E-state index contributed by atoms with van der Waals surface area (Å²) in [6, 6.07) is 10.9. The molecule has 0 saturated heterocycles. The summed E-state index contributed by atoms with van der Waals surface area (Å²) in [6.45, 7) is 1.49. The van der Waals surface area contributed by atoms with Crippen LogP contribution >= 0.6 is 0 Å². The molecule has 0 aliphatic heterocycles. The number of para-hydroxylation sites is 1. The van der Waals surface area contributed by atoms with Crippen LogP contribution in [0.4, 0.5) is 13.2 Å². The number of halogens is 3. The van der Waals surface area contributed by atoms with E-state index in [1.54, 1.807) is 34.9 Å². The van der Waals surface area contributed by atoms with Crippen LogP contribution in [0.15, 0.2) is 48.7 Å². The normalized spacial score (nSPS) is 14.5. The molecule has 24 heavy (non-hydrogen) atoms. The highest BCUT2D eigenvalue weighted by Gasteiger charge is 2.35. The van der Waals surface area contributed by atoms with Gasteiger partial charge in [-0.1, -0.05) is 24.3 Å². The van der Waals surface area contributed by atoms with Gasteiger partial charge in [0.2, 0.25) is 0 Å². The zero-order valence-corrected chi connectivity index (χ0v) is 12.6. The van der Waals surface area contributed by atoms with Gasteiger partial charge in [-0.15, -0.1) is 23.4 Å². The Hall–Kier alpha value is -2.61. The van der Waals surface area contributed by atoms with E-state index in [0.717, 1.165) is 0 Å². The number of ether oxygens (including phenoxy) is 1. The molecular weight excluding hydrogens is 323 g/mol. The summed E-state index contributed by atoms with van der Waals surface area (Å²) in [5.41, 5.74) is 0.718. The molecule has 5 nitrogen and oxygen atoms in total. The number of nitrogens with zero attached hydrogens (tertiary/aromatic N) is 3. The van der Waals surface area contributed by atoms with Crippen LogP contribution in [0.1, 0.15) is 24.2 Å². The number of alkyl halides is 3. The van der Waals surface area contributed by atoms with Crippen LogP contribution in [0.3, 0.4) is 0 Å². The first-order chi connectivity index (χ1) is 11.4. The second kappa shape index (κ2) is 6.12. The number of pyridine rings is 1. The molecule has 2 atom stereocenters. The summed E-state index contributed by atoms with van der Waals surface area (Å²) in [7, 11) is 0. The Morgan fingerprint density at radius 3 is 2.50 bits per heavy atom. The van der Waals surface area contributed by atoms with E-state index >= 15 is 0 Å². The fourth-order valence-corrected chi connectivity index (χ4v) is 2.64. The topological polar surface area (TPSA) is 59.7 Å². The van der Waals surface area contributed by atoms with Gasteiger partial charge in [0.15, 0.2) is 5.65 Å². The summed E-state index contributed by atoms with van der Waals surface area (Å²) < 4.78 is 43.7. The van der Waals surface area contributed by atoms with Crippen molar-refractivity contribution in [2.45, 2.75) is 25.3 Å². The Balaban J connectivity index is 2.13. The number of aromatic nitrogens is 3. The quantitative estimate of drug-likeness (QED) is 0.795. The molecular formula is C16H14F3N3O2. The molecule has 0 fully saturated rings. The molecule has 2 aromatic heterocycles. The molecule has 0 radical (unpaired) electrons. The molecule has 0 saturated carbocycles. The lowest BCUT2D eigenvalue weighted by molar-refractivity contribution is -0.275. The first kappa shape index (κ1) is 16.3. The Bertz CT molecular complexity index is 846. The first-order valence-corrected chi connectivity index (χ1v) is 7.19. The second-order valence-electron chi connectivity index (χ2n) is 5.29. The summed E-state index contributed by atoms with van der Waals surface area (Å²) >= 11 is 0. The van der Waals surface area contributed by atoms with E-state index < -0.39 is 18.4 Å². The summed E-state index contributed by atoms with van der Waals surface area (Å²) in [5, 5.41) is 18.2. The maximum absolute atomic E-state index is 12.7. The molecule has 0 bridgehead atoms. The van der Waals surface area contributed by atoms with E-state index in [9.17, 15) is 18.3 Å². The average Bonchev–Trinajstić information content (AvgIpc) is 2.91. The van der Waals surface area contributed by atoms with Gasteiger partial charge < -0.3 is 9.84 Å². The Morgan fingerprint density at radius 1 is 1.08 bits per heavy atom. The van der Waals surface area contributed by atoms with Gasteiger partial charge in [-0.25, -0.2) is 0 Å². The number of hydrogen-bond acceptors (Lipinski definition) is 4. The average molecular weight is 337 g/mol. The van der Waals surface area contributed by atoms with E-state index in [1.807, 2.05) is 0 Å². The Labute approximate surface area is 135 Å². The van der Waals surface area contributed by atoms with Crippen LogP contribution < -0.4 is 4.74 Å². The summed E-state index contributed by atoms with van der Waals surface area (Å²) in [5.74, 6) is -0.872. The van der Waals surface area contributed by atoms with Gasteiger partial charge in [-0.05, 0) is 25.1 Å². The van der Waals surface area contributed by atoms with E-state index in [-0.39, 0.29) is 11.3 Å². The highest BCUT2D eigenvalue weighted by atomic mass is 19.4. The zero-order chi connectivity index (χ0) is 17.3. The fourth-order valence-electron chi connectivity index (χ4n) is 2.64. The summed E-state index contributed by atoms with van der Waals surface area (Å²) in [4.78, 5) is 0. The van der Waals surface area contributed by atoms with Gasteiger partial charge in [0.25, 0.3) is 0 Å². The molecule has 2 unspecified atom stereocenters. The third kappa shape index (κ3) is 3.18. The van der Waals surface area contributed by atoms with Crippen molar-refractivity contribution < 1.29 is 23.0 Å². The number of fused-ring (bicyclic) bond motifs is 1. The van der Waals surface area contributed by atoms with Crippen LogP contribution in [0, 0.1) is 0 Å². The predicted octanol–water partition coefficient (Wildman–Crippen LogP) is 3.14. The number of benzene rings is 1. The van der Waals surface area contributed by atoms with Crippen molar-refractivity contribution in [2.75, 3.05) is 0 Å². The van der Waals surface area contributed by atoms with Gasteiger partial charge in [0, 0.05) is 11.8 Å². The maximum atomic E-state index is 12.7. The molecule has 0 amide bonds. The van der Waals surface area contributed by atoms with Crippen molar-refractivity contribution in [2.24, 2.45) is 0 Å². The molecule has 1 N–H and O–H groups in total. The smallest absolute Gasteiger partial charge is 0.405 e. The standard InChI is InChI=1S/C16H14F3N3O2/c1-10(23)14(15-21-20-13-8-4-5-9-22(13)15)11-6-2-3-7-12(11)24-16(17,18)19/h2-10,14,23H,1H3. The molecule has 0 aliphatic rings. The second-order valence-corrected chi connectivity index (χ2v) is 5.29. The van der Waals surface area contributed by atoms with Crippen LogP contribution in [-0.4, -0.2) is 32.2 Å². The number of rotatable bonds is 4. The Morgan fingerprint density at radius 2 is 1.79 bits per heavy atom. The molecule has 126 valence electrons. The van der Waals surface area contributed by atoms with Crippen molar-refractivity contribution in [3.05, 3.63) is 60.0 Å². The van der Waals surface area contributed by atoms with Crippen LogP contribution in [-0.2, 0) is 0 Å². The predicted molar refractivity (Wildman–Crippen MR) is 79.6 cm³/mol. The van der Waals surface area contributed by atoms with Crippen LogP contribution in [0.25, 0.3) is 5.65 Å². The number of hydrogen-bond donors (Lipinski definition) is 1. The monoisotopic (exact) mass is 337 g/mol. The zero-order valence-electron chi connectivity index (χ0n) is 12.6. The van der Waals surface area contributed by atoms with Crippen LogP contribution in [0.5, 0.6) is 5.75 Å². The van der Waals surface area contributed by atoms with Gasteiger partial charge in [-0.2, -0.15) is 0 Å². The fraction of sp³-hybridized carbons (Fsp3) is 0.250. The van der Waals surface area contributed by atoms with Gasteiger partial charge in [-0.3, -0.25) is 4.40 Å². The third-order valence-corrected chi connectivity index (χ3v) is 3.58. The van der Waals surface area contributed by atoms with Gasteiger partial charge in [0.1, 0.15) is 11.6 Å². The molecule has 0 aliphatic carbocycles. The highest BCUT2D eigenvalue weighted by molar-refractivity contribution is 5.44. The van der Waals surface area contributed by atoms with E-state index in [4.69, 9.17) is 0 Å². The van der Waals surface area contributed by atoms with E-state index in [0.29, 0.717) is 11.5 Å². The minimum absolute atomic E-state index is 0.183. The SMILES string of the molecule is CC(O)C(c1ccccc1OC(F)(F)F)c1nnc2ccccn12. The molecule has 3 rings (SSSR count). The lowest BCUT2D eigenvalue weighted by Gasteiger charge is -2.22.